The van der Waals surface area contributed by atoms with Crippen LogP contribution in [0.25, 0.3) is 0 Å². The minimum Gasteiger partial charge on any atom is -0.325 e. The second-order valence-corrected chi connectivity index (χ2v) is 4.51. The van der Waals surface area contributed by atoms with E-state index in [1.165, 1.54) is 0 Å². The first-order valence-electron chi connectivity index (χ1n) is 3.80. The average molecular weight is 310 g/mol. The summed E-state index contributed by atoms with van der Waals surface area (Å²) in [4.78, 5) is 11.2. The Bertz CT molecular complexity index is 297. The smallest absolute Gasteiger partial charge is 0.242 e. The first kappa shape index (κ1) is 10.8. The van der Waals surface area contributed by atoms with Gasteiger partial charge < -0.3 is 5.32 Å². The molecule has 1 aromatic rings. The zero-order valence-electron chi connectivity index (χ0n) is 7.05. The van der Waals surface area contributed by atoms with Crippen LogP contribution in [0.4, 0.5) is 5.69 Å². The summed E-state index contributed by atoms with van der Waals surface area (Å²) in [5.41, 5.74) is 0.776. The Morgan fingerprint density at radius 1 is 1.46 bits per heavy atom. The van der Waals surface area contributed by atoms with E-state index in [4.69, 9.17) is 11.6 Å². The molecule has 4 heteroatoms. The third kappa shape index (κ3) is 3.52. The van der Waals surface area contributed by atoms with E-state index >= 15 is 0 Å². The van der Waals surface area contributed by atoms with Crippen molar-refractivity contribution in [2.75, 3.05) is 5.32 Å². The summed E-state index contributed by atoms with van der Waals surface area (Å²) in [6.45, 7) is 1.64. The van der Waals surface area contributed by atoms with Crippen LogP contribution in [-0.2, 0) is 4.79 Å². The van der Waals surface area contributed by atoms with E-state index in [-0.39, 0.29) is 5.91 Å². The van der Waals surface area contributed by atoms with Gasteiger partial charge in [-0.3, -0.25) is 4.79 Å². The van der Waals surface area contributed by atoms with Crippen LogP contribution >= 0.6 is 34.2 Å². The molecule has 1 aromatic carbocycles. The van der Waals surface area contributed by atoms with Crippen molar-refractivity contribution in [1.29, 1.82) is 0 Å². The summed E-state index contributed by atoms with van der Waals surface area (Å²) in [6.07, 6.45) is 0. The van der Waals surface area contributed by atoms with Crippen LogP contribution in [0.5, 0.6) is 0 Å². The van der Waals surface area contributed by atoms with Crippen LogP contribution in [0.15, 0.2) is 24.3 Å². The van der Waals surface area contributed by atoms with Crippen molar-refractivity contribution in [3.8, 4) is 0 Å². The molecule has 0 aliphatic heterocycles. The van der Waals surface area contributed by atoms with Gasteiger partial charge in [0.15, 0.2) is 0 Å². The predicted octanol–water partition coefficient (Wildman–Crippen LogP) is 2.86. The highest BCUT2D eigenvalue weighted by Crippen LogP contribution is 2.11. The molecule has 0 bridgehead atoms. The van der Waals surface area contributed by atoms with Gasteiger partial charge in [0.05, 0.1) is 0 Å². The first-order chi connectivity index (χ1) is 6.09. The Kier molecular flexibility index (Phi) is 3.99. The molecule has 0 spiro atoms. The third-order valence-corrected chi connectivity index (χ3v) is 2.39. The molecule has 1 amide bonds. The SMILES string of the molecule is C[C@H](Cl)C(=O)Nc1ccc(I)cc1. The number of carbonyl (C=O) groups is 1. The maximum atomic E-state index is 11.2. The molecule has 0 unspecified atom stereocenters. The van der Waals surface area contributed by atoms with E-state index in [2.05, 4.69) is 27.9 Å². The summed E-state index contributed by atoms with van der Waals surface area (Å²) in [6, 6.07) is 7.54. The quantitative estimate of drug-likeness (QED) is 0.660. The number of carbonyl (C=O) groups excluding carboxylic acids is 1. The van der Waals surface area contributed by atoms with Crippen molar-refractivity contribution in [3.05, 3.63) is 27.8 Å². The predicted molar refractivity (Wildman–Crippen MR) is 63.1 cm³/mol. The molecule has 70 valence electrons. The monoisotopic (exact) mass is 309 g/mol. The highest BCUT2D eigenvalue weighted by Gasteiger charge is 2.08. The lowest BCUT2D eigenvalue weighted by Crippen LogP contribution is -2.20. The van der Waals surface area contributed by atoms with Gasteiger partial charge in [0, 0.05) is 9.26 Å². The molecule has 1 atom stereocenters. The summed E-state index contributed by atoms with van der Waals surface area (Å²) < 4.78 is 1.13. The molecule has 1 N–H and O–H groups in total. The Labute approximate surface area is 95.8 Å². The van der Waals surface area contributed by atoms with Crippen molar-refractivity contribution >= 4 is 45.8 Å². The molecule has 1 rings (SSSR count). The molecule has 13 heavy (non-hydrogen) atoms. The summed E-state index contributed by atoms with van der Waals surface area (Å²) in [7, 11) is 0. The molecule has 0 aliphatic carbocycles. The highest BCUT2D eigenvalue weighted by molar-refractivity contribution is 14.1. The highest BCUT2D eigenvalue weighted by atomic mass is 127. The number of benzene rings is 1. The van der Waals surface area contributed by atoms with E-state index in [1.54, 1.807) is 6.92 Å². The van der Waals surface area contributed by atoms with E-state index < -0.39 is 5.38 Å². The Balaban J connectivity index is 2.65. The number of anilines is 1. The van der Waals surface area contributed by atoms with Crippen LogP contribution in [0.1, 0.15) is 6.92 Å². The van der Waals surface area contributed by atoms with E-state index in [1.807, 2.05) is 24.3 Å². The van der Waals surface area contributed by atoms with Crippen molar-refractivity contribution in [1.82, 2.24) is 0 Å². The maximum absolute atomic E-state index is 11.2. The van der Waals surface area contributed by atoms with E-state index in [9.17, 15) is 4.79 Å². The van der Waals surface area contributed by atoms with Gasteiger partial charge in [-0.15, -0.1) is 11.6 Å². The van der Waals surface area contributed by atoms with Crippen molar-refractivity contribution in [2.24, 2.45) is 0 Å². The second kappa shape index (κ2) is 4.81. The molecule has 2 nitrogen and oxygen atoms in total. The summed E-state index contributed by atoms with van der Waals surface area (Å²) in [5.74, 6) is -0.178. The zero-order valence-corrected chi connectivity index (χ0v) is 9.96. The minimum absolute atomic E-state index is 0.178. The molecule has 0 aliphatic rings. The zero-order chi connectivity index (χ0) is 9.84. The normalized spacial score (nSPS) is 12.2. The van der Waals surface area contributed by atoms with Gasteiger partial charge in [0.2, 0.25) is 5.91 Å². The molecule has 0 saturated heterocycles. The van der Waals surface area contributed by atoms with Gasteiger partial charge in [0.1, 0.15) is 5.38 Å². The number of halogens is 2. The molecule has 0 fully saturated rings. The molecular formula is C9H9ClINO. The van der Waals surface area contributed by atoms with Crippen LogP contribution in [0.3, 0.4) is 0 Å². The largest absolute Gasteiger partial charge is 0.325 e. The first-order valence-corrected chi connectivity index (χ1v) is 5.31. The fourth-order valence-electron chi connectivity index (χ4n) is 0.775. The number of rotatable bonds is 2. The summed E-state index contributed by atoms with van der Waals surface area (Å²) in [5, 5.41) is 2.19. The number of hydrogen-bond donors (Lipinski definition) is 1. The van der Waals surface area contributed by atoms with Crippen molar-refractivity contribution < 1.29 is 4.79 Å². The molecule has 0 radical (unpaired) electrons. The number of hydrogen-bond acceptors (Lipinski definition) is 1. The van der Waals surface area contributed by atoms with Gasteiger partial charge in [-0.05, 0) is 53.8 Å². The number of alkyl halides is 1. The molecule has 0 saturated carbocycles. The fourth-order valence-corrected chi connectivity index (χ4v) is 1.19. The van der Waals surface area contributed by atoms with Gasteiger partial charge in [0.25, 0.3) is 0 Å². The summed E-state index contributed by atoms with van der Waals surface area (Å²) >= 11 is 7.80. The van der Waals surface area contributed by atoms with Gasteiger partial charge in [-0.25, -0.2) is 0 Å². The molecular weight excluding hydrogens is 300 g/mol. The average Bonchev–Trinajstić information content (AvgIpc) is 2.08. The van der Waals surface area contributed by atoms with Crippen molar-refractivity contribution in [2.45, 2.75) is 12.3 Å². The fraction of sp³-hybridized carbons (Fsp3) is 0.222. The molecule has 0 heterocycles. The lowest BCUT2D eigenvalue weighted by Gasteiger charge is -2.05. The topological polar surface area (TPSA) is 29.1 Å². The van der Waals surface area contributed by atoms with Crippen LogP contribution in [0, 0.1) is 3.57 Å². The standard InChI is InChI=1S/C9H9ClINO/c1-6(10)9(13)12-8-4-2-7(11)3-5-8/h2-6H,1H3,(H,12,13)/t6-/m0/s1. The van der Waals surface area contributed by atoms with Crippen LogP contribution < -0.4 is 5.32 Å². The van der Waals surface area contributed by atoms with Gasteiger partial charge in [-0.1, -0.05) is 0 Å². The number of amides is 1. The maximum Gasteiger partial charge on any atom is 0.242 e. The van der Waals surface area contributed by atoms with E-state index in [0.29, 0.717) is 0 Å². The Morgan fingerprint density at radius 3 is 2.46 bits per heavy atom. The lowest BCUT2D eigenvalue weighted by atomic mass is 10.3. The van der Waals surface area contributed by atoms with Gasteiger partial charge >= 0.3 is 0 Å². The Morgan fingerprint density at radius 2 is 2.00 bits per heavy atom. The van der Waals surface area contributed by atoms with Crippen LogP contribution in [-0.4, -0.2) is 11.3 Å². The lowest BCUT2D eigenvalue weighted by molar-refractivity contribution is -0.115. The second-order valence-electron chi connectivity index (χ2n) is 2.61. The minimum atomic E-state index is -0.501. The molecule has 0 aromatic heterocycles. The van der Waals surface area contributed by atoms with E-state index in [0.717, 1.165) is 9.26 Å². The van der Waals surface area contributed by atoms with Crippen molar-refractivity contribution in [3.63, 3.8) is 0 Å². The van der Waals surface area contributed by atoms with Gasteiger partial charge in [-0.2, -0.15) is 0 Å². The Hall–Kier alpha value is -0.290. The van der Waals surface area contributed by atoms with Crippen LogP contribution in [0.2, 0.25) is 0 Å². The third-order valence-electron chi connectivity index (χ3n) is 1.47. The number of nitrogens with one attached hydrogen (secondary N) is 1.